The number of hydrogen-bond donors (Lipinski definition) is 0. The fourth-order valence-corrected chi connectivity index (χ4v) is 8.96. The van der Waals surface area contributed by atoms with Crippen LogP contribution >= 0.6 is 0 Å². The molecule has 256 valence electrons. The molecule has 6 aromatic carbocycles. The molecule has 0 atom stereocenters. The van der Waals surface area contributed by atoms with Gasteiger partial charge in [-0.2, -0.15) is 0 Å². The molecule has 2 heteroatoms. The summed E-state index contributed by atoms with van der Waals surface area (Å²) in [7, 11) is 0. The Morgan fingerprint density at radius 2 is 0.784 bits per heavy atom. The van der Waals surface area contributed by atoms with Crippen LogP contribution in [0.25, 0.3) is 33.4 Å². The second-order valence-corrected chi connectivity index (χ2v) is 16.3. The van der Waals surface area contributed by atoms with Gasteiger partial charge in [0, 0.05) is 49.6 Å². The van der Waals surface area contributed by atoms with Crippen LogP contribution < -0.4 is 9.47 Å². The highest BCUT2D eigenvalue weighted by Crippen LogP contribution is 2.56. The Morgan fingerprint density at radius 3 is 1.33 bits per heavy atom. The van der Waals surface area contributed by atoms with Crippen molar-refractivity contribution in [3.8, 4) is 56.4 Å². The summed E-state index contributed by atoms with van der Waals surface area (Å²) in [4.78, 5) is 0. The second-order valence-electron chi connectivity index (χ2n) is 16.3. The van der Waals surface area contributed by atoms with Gasteiger partial charge in [-0.1, -0.05) is 139 Å². The third kappa shape index (κ3) is 4.75. The van der Waals surface area contributed by atoms with Crippen molar-refractivity contribution in [1.82, 2.24) is 0 Å². The van der Waals surface area contributed by atoms with Gasteiger partial charge in [0.2, 0.25) is 0 Å². The van der Waals surface area contributed by atoms with E-state index in [0.29, 0.717) is 0 Å². The fraction of sp³-hybridized carbons (Fsp3) is 0.265. The predicted molar refractivity (Wildman–Crippen MR) is 213 cm³/mol. The zero-order valence-electron chi connectivity index (χ0n) is 31.7. The SMILES string of the molecule is Cc1ccc(-c2ccc(C)c(-c3cccc4c3Oc3ccccc3C(C)(C)C4(C)C)c2C)c(C)c1-c1cccc2c1Oc1ccccc1C2(C)C. The van der Waals surface area contributed by atoms with Gasteiger partial charge in [0.25, 0.3) is 0 Å². The first-order chi connectivity index (χ1) is 24.2. The maximum Gasteiger partial charge on any atom is 0.139 e. The van der Waals surface area contributed by atoms with E-state index in [1.54, 1.807) is 0 Å². The van der Waals surface area contributed by atoms with E-state index in [0.717, 1.165) is 34.1 Å². The number of aryl methyl sites for hydroxylation is 2. The number of rotatable bonds is 3. The first-order valence-corrected chi connectivity index (χ1v) is 18.3. The summed E-state index contributed by atoms with van der Waals surface area (Å²) >= 11 is 0. The molecule has 0 saturated carbocycles. The highest BCUT2D eigenvalue weighted by atomic mass is 16.5. The van der Waals surface area contributed by atoms with Crippen LogP contribution in [0.3, 0.4) is 0 Å². The van der Waals surface area contributed by atoms with Gasteiger partial charge in [-0.15, -0.1) is 0 Å². The van der Waals surface area contributed by atoms with Crippen molar-refractivity contribution >= 4 is 0 Å². The van der Waals surface area contributed by atoms with Gasteiger partial charge in [0.05, 0.1) is 0 Å². The highest BCUT2D eigenvalue weighted by molar-refractivity contribution is 5.89. The van der Waals surface area contributed by atoms with Gasteiger partial charge < -0.3 is 9.47 Å². The van der Waals surface area contributed by atoms with Crippen LogP contribution in [0.1, 0.15) is 86.1 Å². The molecule has 8 rings (SSSR count). The molecule has 0 aliphatic carbocycles. The molecule has 0 aromatic heterocycles. The lowest BCUT2D eigenvalue weighted by Crippen LogP contribution is -2.39. The smallest absolute Gasteiger partial charge is 0.139 e. The van der Waals surface area contributed by atoms with Gasteiger partial charge in [0.15, 0.2) is 0 Å². The molecule has 0 fully saturated rings. The van der Waals surface area contributed by atoms with Crippen molar-refractivity contribution in [2.75, 3.05) is 0 Å². The Balaban J connectivity index is 1.31. The number of hydrogen-bond acceptors (Lipinski definition) is 2. The zero-order valence-corrected chi connectivity index (χ0v) is 31.7. The van der Waals surface area contributed by atoms with Crippen LogP contribution in [0.4, 0.5) is 0 Å². The van der Waals surface area contributed by atoms with Crippen LogP contribution in [-0.4, -0.2) is 0 Å². The summed E-state index contributed by atoms with van der Waals surface area (Å²) < 4.78 is 13.8. The lowest BCUT2D eigenvalue weighted by atomic mass is 9.61. The average molecular weight is 669 g/mol. The molecule has 0 radical (unpaired) electrons. The summed E-state index contributed by atoms with van der Waals surface area (Å²) in [6.45, 7) is 23.0. The third-order valence-corrected chi connectivity index (χ3v) is 12.7. The second kappa shape index (κ2) is 11.5. The first kappa shape index (κ1) is 33.1. The number of ether oxygens (including phenoxy) is 2. The summed E-state index contributed by atoms with van der Waals surface area (Å²) in [5, 5.41) is 0. The minimum atomic E-state index is -0.182. The zero-order chi connectivity index (χ0) is 36.0. The van der Waals surface area contributed by atoms with Crippen LogP contribution in [-0.2, 0) is 16.2 Å². The Morgan fingerprint density at radius 1 is 0.373 bits per heavy atom. The number of para-hydroxylation sites is 4. The standard InChI is InChI=1S/C49H48O2/c1-29-25-27-33(31(3)43(29)35-17-15-21-39-45(35)50-41-23-13-11-19-37(41)47(39,5)6)34-28-26-30(2)44(32(34)4)36-18-16-22-40-46(36)51-42-24-14-12-20-38(42)48(7,8)49(40,9)10/h11-28H,1-10H3. The quantitative estimate of drug-likeness (QED) is 0.187. The van der Waals surface area contributed by atoms with Crippen molar-refractivity contribution in [1.29, 1.82) is 0 Å². The minimum absolute atomic E-state index is 0.146. The van der Waals surface area contributed by atoms with Crippen molar-refractivity contribution in [2.24, 2.45) is 0 Å². The van der Waals surface area contributed by atoms with E-state index in [2.05, 4.69) is 178 Å². The molecule has 2 aliphatic rings. The third-order valence-electron chi connectivity index (χ3n) is 12.7. The molecule has 0 amide bonds. The van der Waals surface area contributed by atoms with Gasteiger partial charge in [0.1, 0.15) is 23.0 Å². The summed E-state index contributed by atoms with van der Waals surface area (Å²) in [5.74, 6) is 3.79. The number of benzene rings is 6. The van der Waals surface area contributed by atoms with Gasteiger partial charge in [-0.3, -0.25) is 0 Å². The van der Waals surface area contributed by atoms with E-state index < -0.39 is 0 Å². The Bertz CT molecular complexity index is 2390. The monoisotopic (exact) mass is 668 g/mol. The summed E-state index contributed by atoms with van der Waals surface area (Å²) in [6, 6.07) is 39.5. The van der Waals surface area contributed by atoms with Crippen LogP contribution in [0.15, 0.2) is 109 Å². The van der Waals surface area contributed by atoms with E-state index in [1.165, 1.54) is 66.8 Å². The van der Waals surface area contributed by atoms with E-state index in [9.17, 15) is 0 Å². The summed E-state index contributed by atoms with van der Waals surface area (Å²) in [5.41, 5.74) is 16.6. The molecule has 51 heavy (non-hydrogen) atoms. The minimum Gasteiger partial charge on any atom is -0.456 e. The van der Waals surface area contributed by atoms with Crippen molar-refractivity contribution in [3.05, 3.63) is 154 Å². The van der Waals surface area contributed by atoms with E-state index in [4.69, 9.17) is 9.47 Å². The van der Waals surface area contributed by atoms with E-state index in [-0.39, 0.29) is 16.2 Å². The molecule has 2 heterocycles. The largest absolute Gasteiger partial charge is 0.456 e. The van der Waals surface area contributed by atoms with Crippen molar-refractivity contribution in [3.63, 3.8) is 0 Å². The predicted octanol–water partition coefficient (Wildman–Crippen LogP) is 13.7. The molecular formula is C49H48O2. The van der Waals surface area contributed by atoms with Gasteiger partial charge in [-0.05, 0) is 84.3 Å². The normalized spacial score (nSPS) is 16.0. The van der Waals surface area contributed by atoms with Crippen LogP contribution in [0.5, 0.6) is 23.0 Å². The Kier molecular flexibility index (Phi) is 7.44. The Hall–Kier alpha value is -5.08. The molecule has 0 N–H and O–H groups in total. The average Bonchev–Trinajstić information content (AvgIpc) is 3.16. The van der Waals surface area contributed by atoms with Gasteiger partial charge >= 0.3 is 0 Å². The molecule has 2 aliphatic heterocycles. The maximum absolute atomic E-state index is 7.01. The van der Waals surface area contributed by atoms with Crippen molar-refractivity contribution in [2.45, 2.75) is 85.5 Å². The van der Waals surface area contributed by atoms with Crippen LogP contribution in [0, 0.1) is 27.7 Å². The van der Waals surface area contributed by atoms with Crippen molar-refractivity contribution < 1.29 is 9.47 Å². The topological polar surface area (TPSA) is 18.5 Å². The van der Waals surface area contributed by atoms with Crippen LogP contribution in [0.2, 0.25) is 0 Å². The lowest BCUT2D eigenvalue weighted by molar-refractivity contribution is 0.306. The molecule has 0 unspecified atom stereocenters. The summed E-state index contributed by atoms with van der Waals surface area (Å²) in [6.07, 6.45) is 0. The Labute approximate surface area is 304 Å². The first-order valence-electron chi connectivity index (χ1n) is 18.3. The van der Waals surface area contributed by atoms with E-state index >= 15 is 0 Å². The number of fused-ring (bicyclic) bond motifs is 4. The highest BCUT2D eigenvalue weighted by Gasteiger charge is 2.45. The molecule has 6 aromatic rings. The molecule has 2 nitrogen and oxygen atoms in total. The lowest BCUT2D eigenvalue weighted by Gasteiger charge is -2.41. The van der Waals surface area contributed by atoms with Gasteiger partial charge in [-0.25, -0.2) is 0 Å². The fourth-order valence-electron chi connectivity index (χ4n) is 8.96. The maximum atomic E-state index is 7.01. The molecule has 0 bridgehead atoms. The molecule has 0 saturated heterocycles. The van der Waals surface area contributed by atoms with E-state index in [1.807, 2.05) is 0 Å². The molecular weight excluding hydrogens is 621 g/mol. The molecule has 0 spiro atoms.